The molecule has 5 rings (SSSR count). The summed E-state index contributed by atoms with van der Waals surface area (Å²) >= 11 is 18.7. The standard InChI is InChI=1S/C31H25BrCl2N2O4S2/c1-4-39-30(38)27-17(2)35-31-36(28(27)19-7-10-22(41-3)11-8-19)29(37)26(42-31)14-18-5-12-25(23(32)13-18)40-16-20-6-9-21(33)15-24(20)34/h5-15,28H,4,16H2,1-3H3/b26-14-/t28-/m1/s1. The maximum Gasteiger partial charge on any atom is 0.338 e. The van der Waals surface area contributed by atoms with Crippen LogP contribution >= 0.6 is 62.2 Å². The zero-order valence-corrected chi connectivity index (χ0v) is 27.6. The molecule has 1 aliphatic heterocycles. The molecule has 11 heteroatoms. The molecule has 0 saturated heterocycles. The van der Waals surface area contributed by atoms with E-state index < -0.39 is 12.0 Å². The van der Waals surface area contributed by atoms with Gasteiger partial charge in [0, 0.05) is 20.5 Å². The first-order chi connectivity index (χ1) is 20.2. The molecule has 216 valence electrons. The molecular weight excluding hydrogens is 679 g/mol. The van der Waals surface area contributed by atoms with E-state index in [1.165, 1.54) is 11.3 Å². The minimum atomic E-state index is -0.652. The Morgan fingerprint density at radius 3 is 2.57 bits per heavy atom. The van der Waals surface area contributed by atoms with E-state index in [1.807, 2.05) is 60.9 Å². The van der Waals surface area contributed by atoms with Gasteiger partial charge in [0.1, 0.15) is 12.4 Å². The van der Waals surface area contributed by atoms with Gasteiger partial charge in [-0.15, -0.1) is 11.8 Å². The Morgan fingerprint density at radius 1 is 1.14 bits per heavy atom. The SMILES string of the molecule is CCOC(=O)C1=C(C)N=c2s/c(=C\c3ccc(OCc4ccc(Cl)cc4Cl)c(Br)c3)c(=O)n2[C@@H]1c1ccc(SC)cc1. The Kier molecular flexibility index (Phi) is 9.64. The van der Waals surface area contributed by atoms with Gasteiger partial charge in [0.2, 0.25) is 0 Å². The van der Waals surface area contributed by atoms with Crippen LogP contribution in [0.2, 0.25) is 10.0 Å². The lowest BCUT2D eigenvalue weighted by Gasteiger charge is -2.24. The van der Waals surface area contributed by atoms with Crippen molar-refractivity contribution in [1.82, 2.24) is 4.57 Å². The van der Waals surface area contributed by atoms with Gasteiger partial charge in [0.15, 0.2) is 4.80 Å². The molecule has 1 aliphatic rings. The third kappa shape index (κ3) is 6.40. The minimum absolute atomic E-state index is 0.222. The zero-order chi connectivity index (χ0) is 30.0. The van der Waals surface area contributed by atoms with Gasteiger partial charge < -0.3 is 9.47 Å². The molecule has 4 aromatic rings. The molecule has 0 N–H and O–H groups in total. The average molecular weight is 704 g/mol. The molecule has 0 amide bonds. The second-order valence-corrected chi connectivity index (χ2v) is 12.9. The topological polar surface area (TPSA) is 69.9 Å². The van der Waals surface area contributed by atoms with Gasteiger partial charge in [0.05, 0.1) is 32.9 Å². The fourth-order valence-electron chi connectivity index (χ4n) is 4.56. The predicted octanol–water partition coefficient (Wildman–Crippen LogP) is 7.17. The number of hydrogen-bond acceptors (Lipinski definition) is 7. The van der Waals surface area contributed by atoms with E-state index in [2.05, 4.69) is 20.9 Å². The van der Waals surface area contributed by atoms with Gasteiger partial charge in [-0.25, -0.2) is 9.79 Å². The van der Waals surface area contributed by atoms with Crippen LogP contribution in [0.4, 0.5) is 0 Å². The number of hydrogen-bond donors (Lipinski definition) is 0. The number of thioether (sulfide) groups is 1. The molecule has 2 heterocycles. The smallest absolute Gasteiger partial charge is 0.338 e. The number of thiazole rings is 1. The summed E-state index contributed by atoms with van der Waals surface area (Å²) in [4.78, 5) is 33.2. The van der Waals surface area contributed by atoms with Gasteiger partial charge in [-0.05, 0) is 89.6 Å². The Bertz CT molecular complexity index is 1880. The zero-order valence-electron chi connectivity index (χ0n) is 22.8. The van der Waals surface area contributed by atoms with Gasteiger partial charge in [-0.1, -0.05) is 58.8 Å². The Labute approximate surface area is 269 Å². The van der Waals surface area contributed by atoms with Gasteiger partial charge in [-0.3, -0.25) is 9.36 Å². The molecule has 0 aliphatic carbocycles. The van der Waals surface area contributed by atoms with Gasteiger partial charge in [0.25, 0.3) is 5.56 Å². The molecule has 0 saturated carbocycles. The maximum absolute atomic E-state index is 13.9. The van der Waals surface area contributed by atoms with Crippen molar-refractivity contribution in [3.05, 3.63) is 123 Å². The summed E-state index contributed by atoms with van der Waals surface area (Å²) in [7, 11) is 0. The number of fused-ring (bicyclic) bond motifs is 1. The van der Waals surface area contributed by atoms with Crippen molar-refractivity contribution in [2.45, 2.75) is 31.4 Å². The van der Waals surface area contributed by atoms with E-state index in [0.717, 1.165) is 26.1 Å². The van der Waals surface area contributed by atoms with Crippen molar-refractivity contribution in [2.24, 2.45) is 4.99 Å². The number of nitrogens with zero attached hydrogens (tertiary/aromatic N) is 2. The van der Waals surface area contributed by atoms with E-state index in [9.17, 15) is 9.59 Å². The molecule has 1 aromatic heterocycles. The van der Waals surface area contributed by atoms with Crippen LogP contribution in [0.25, 0.3) is 6.08 Å². The van der Waals surface area contributed by atoms with Crippen molar-refractivity contribution < 1.29 is 14.3 Å². The third-order valence-corrected chi connectivity index (χ3v) is 9.53. The highest BCUT2D eigenvalue weighted by atomic mass is 79.9. The van der Waals surface area contributed by atoms with Gasteiger partial charge >= 0.3 is 5.97 Å². The van der Waals surface area contributed by atoms with E-state index in [0.29, 0.717) is 36.4 Å². The van der Waals surface area contributed by atoms with E-state index in [-0.39, 0.29) is 18.8 Å². The summed E-state index contributed by atoms with van der Waals surface area (Å²) in [5.41, 5.74) is 3.08. The molecule has 0 radical (unpaired) electrons. The number of esters is 1. The summed E-state index contributed by atoms with van der Waals surface area (Å²) in [6, 6.07) is 18.0. The van der Waals surface area contributed by atoms with Crippen molar-refractivity contribution in [3.63, 3.8) is 0 Å². The van der Waals surface area contributed by atoms with Crippen LogP contribution in [-0.4, -0.2) is 23.4 Å². The maximum atomic E-state index is 13.9. The quantitative estimate of drug-likeness (QED) is 0.144. The number of carbonyl (C=O) groups excluding carboxylic acids is 1. The van der Waals surface area contributed by atoms with Crippen molar-refractivity contribution in [1.29, 1.82) is 0 Å². The molecule has 42 heavy (non-hydrogen) atoms. The highest BCUT2D eigenvalue weighted by molar-refractivity contribution is 9.10. The summed E-state index contributed by atoms with van der Waals surface area (Å²) in [6.45, 7) is 4.03. The number of rotatable bonds is 8. The highest BCUT2D eigenvalue weighted by Gasteiger charge is 2.33. The second kappa shape index (κ2) is 13.2. The third-order valence-electron chi connectivity index (χ3n) is 6.60. The largest absolute Gasteiger partial charge is 0.488 e. The van der Waals surface area contributed by atoms with E-state index >= 15 is 0 Å². The van der Waals surface area contributed by atoms with Crippen molar-refractivity contribution >= 4 is 74.3 Å². The molecule has 0 spiro atoms. The molecule has 6 nitrogen and oxygen atoms in total. The molecule has 0 fully saturated rings. The first-order valence-electron chi connectivity index (χ1n) is 12.9. The first-order valence-corrected chi connectivity index (χ1v) is 16.5. The van der Waals surface area contributed by atoms with Crippen LogP contribution in [0.3, 0.4) is 0 Å². The number of halogens is 3. The normalized spacial score (nSPS) is 14.9. The summed E-state index contributed by atoms with van der Waals surface area (Å²) in [6.07, 6.45) is 3.81. The van der Waals surface area contributed by atoms with Crippen molar-refractivity contribution in [2.75, 3.05) is 12.9 Å². The lowest BCUT2D eigenvalue weighted by molar-refractivity contribution is -0.139. The molecule has 3 aromatic carbocycles. The van der Waals surface area contributed by atoms with Crippen LogP contribution < -0.4 is 19.6 Å². The number of carbonyl (C=O) groups is 1. The first kappa shape index (κ1) is 30.6. The Morgan fingerprint density at radius 2 is 1.90 bits per heavy atom. The van der Waals surface area contributed by atoms with E-state index in [4.69, 9.17) is 32.7 Å². The fraction of sp³-hybridized carbons (Fsp3) is 0.194. The number of aromatic nitrogens is 1. The Balaban J connectivity index is 1.51. The number of ether oxygens (including phenoxy) is 2. The minimum Gasteiger partial charge on any atom is -0.488 e. The van der Waals surface area contributed by atoms with Gasteiger partial charge in [-0.2, -0.15) is 0 Å². The molecule has 0 bridgehead atoms. The predicted molar refractivity (Wildman–Crippen MR) is 174 cm³/mol. The lowest BCUT2D eigenvalue weighted by atomic mass is 9.96. The summed E-state index contributed by atoms with van der Waals surface area (Å²) < 4.78 is 14.2. The van der Waals surface area contributed by atoms with Crippen molar-refractivity contribution in [3.8, 4) is 5.75 Å². The highest BCUT2D eigenvalue weighted by Crippen LogP contribution is 2.32. The number of allylic oxidation sites excluding steroid dienone is 1. The summed E-state index contributed by atoms with van der Waals surface area (Å²) in [5.74, 6) is 0.148. The molecule has 1 atom stereocenters. The summed E-state index contributed by atoms with van der Waals surface area (Å²) in [5, 5.41) is 1.09. The monoisotopic (exact) mass is 702 g/mol. The van der Waals surface area contributed by atoms with Crippen LogP contribution in [0.15, 0.2) is 91.1 Å². The number of benzene rings is 3. The van der Waals surface area contributed by atoms with E-state index in [1.54, 1.807) is 42.3 Å². The van der Waals surface area contributed by atoms with Crippen LogP contribution in [0, 0.1) is 0 Å². The fourth-order valence-corrected chi connectivity index (χ4v) is 6.99. The molecule has 0 unspecified atom stereocenters. The van der Waals surface area contributed by atoms with Crippen LogP contribution in [-0.2, 0) is 16.1 Å². The average Bonchev–Trinajstić information content (AvgIpc) is 3.26. The lowest BCUT2D eigenvalue weighted by Crippen LogP contribution is -2.39. The molecular formula is C31H25BrCl2N2O4S2. The Hall–Kier alpha value is -2.82. The van der Waals surface area contributed by atoms with Crippen LogP contribution in [0.1, 0.15) is 36.6 Å². The second-order valence-electron chi connectivity index (χ2n) is 9.29. The van der Waals surface area contributed by atoms with Crippen LogP contribution in [0.5, 0.6) is 5.75 Å².